The number of nitrogens with one attached hydrogen (secondary N) is 1. The summed E-state index contributed by atoms with van der Waals surface area (Å²) < 4.78 is 2.02. The first-order valence-corrected chi connectivity index (χ1v) is 9.76. The summed E-state index contributed by atoms with van der Waals surface area (Å²) in [5, 5.41) is 9.93. The lowest BCUT2D eigenvalue weighted by molar-refractivity contribution is 0.607. The van der Waals surface area contributed by atoms with Gasteiger partial charge in [-0.25, -0.2) is 9.50 Å². The Morgan fingerprint density at radius 2 is 2.26 bits per heavy atom. The summed E-state index contributed by atoms with van der Waals surface area (Å²) in [4.78, 5) is 6.87. The molecule has 0 spiro atoms. The van der Waals surface area contributed by atoms with Crippen molar-refractivity contribution in [1.29, 1.82) is 0 Å². The van der Waals surface area contributed by atoms with Crippen molar-refractivity contribution < 1.29 is 0 Å². The highest BCUT2D eigenvalue weighted by Gasteiger charge is 2.20. The van der Waals surface area contributed by atoms with Crippen molar-refractivity contribution in [1.82, 2.24) is 19.9 Å². The van der Waals surface area contributed by atoms with E-state index in [1.54, 1.807) is 23.5 Å². The number of hydrogen-bond donors (Lipinski definition) is 1. The minimum Gasteiger partial charge on any atom is -0.312 e. The van der Waals surface area contributed by atoms with Gasteiger partial charge in [-0.15, -0.1) is 11.8 Å². The molecule has 1 aliphatic rings. The molecular formula is C16H15ClN4S2. The van der Waals surface area contributed by atoms with Crippen LogP contribution in [0.3, 0.4) is 0 Å². The zero-order valence-corrected chi connectivity index (χ0v) is 14.9. The SMILES string of the molecule is CSc1nn2c3c(cnc2c1Sc1cccc(Cl)c1)CNCC3. The van der Waals surface area contributed by atoms with E-state index in [4.69, 9.17) is 16.7 Å². The summed E-state index contributed by atoms with van der Waals surface area (Å²) in [6, 6.07) is 7.89. The summed E-state index contributed by atoms with van der Waals surface area (Å²) in [5.41, 5.74) is 3.43. The summed E-state index contributed by atoms with van der Waals surface area (Å²) in [5.74, 6) is 0. The number of halogens is 1. The Morgan fingerprint density at radius 1 is 1.35 bits per heavy atom. The third kappa shape index (κ3) is 2.85. The van der Waals surface area contributed by atoms with Crippen LogP contribution in [0.1, 0.15) is 11.3 Å². The highest BCUT2D eigenvalue weighted by Crippen LogP contribution is 2.38. The monoisotopic (exact) mass is 362 g/mol. The molecule has 2 aromatic heterocycles. The van der Waals surface area contributed by atoms with Crippen molar-refractivity contribution in [3.8, 4) is 0 Å². The summed E-state index contributed by atoms with van der Waals surface area (Å²) in [6.07, 6.45) is 5.01. The Balaban J connectivity index is 1.85. The smallest absolute Gasteiger partial charge is 0.170 e. The van der Waals surface area contributed by atoms with E-state index in [0.717, 1.165) is 45.0 Å². The number of aromatic nitrogens is 3. The third-order valence-corrected chi connectivity index (χ3v) is 5.93. The lowest BCUT2D eigenvalue weighted by Gasteiger charge is -2.17. The van der Waals surface area contributed by atoms with Crippen molar-refractivity contribution in [3.05, 3.63) is 46.7 Å². The molecule has 1 aliphatic heterocycles. The van der Waals surface area contributed by atoms with E-state index in [2.05, 4.69) is 22.6 Å². The van der Waals surface area contributed by atoms with Crippen LogP contribution in [-0.4, -0.2) is 27.4 Å². The molecular weight excluding hydrogens is 348 g/mol. The van der Waals surface area contributed by atoms with Gasteiger partial charge in [0.1, 0.15) is 5.03 Å². The van der Waals surface area contributed by atoms with Gasteiger partial charge in [0.2, 0.25) is 0 Å². The van der Waals surface area contributed by atoms with Crippen LogP contribution in [0.2, 0.25) is 5.02 Å². The molecule has 0 saturated carbocycles. The average molecular weight is 363 g/mol. The maximum absolute atomic E-state index is 6.11. The van der Waals surface area contributed by atoms with Gasteiger partial charge in [-0.3, -0.25) is 0 Å². The van der Waals surface area contributed by atoms with Crippen LogP contribution in [0.25, 0.3) is 5.65 Å². The van der Waals surface area contributed by atoms with E-state index in [-0.39, 0.29) is 0 Å². The molecule has 23 heavy (non-hydrogen) atoms. The second kappa shape index (κ2) is 6.36. The van der Waals surface area contributed by atoms with Crippen LogP contribution in [0.4, 0.5) is 0 Å². The molecule has 0 saturated heterocycles. The Labute approximate surface area is 148 Å². The molecule has 0 amide bonds. The molecule has 0 radical (unpaired) electrons. The first-order chi connectivity index (χ1) is 11.3. The Kier molecular flexibility index (Phi) is 4.24. The van der Waals surface area contributed by atoms with Crippen molar-refractivity contribution in [3.63, 3.8) is 0 Å². The maximum Gasteiger partial charge on any atom is 0.170 e. The highest BCUT2D eigenvalue weighted by atomic mass is 35.5. The summed E-state index contributed by atoms with van der Waals surface area (Å²) in [6.45, 7) is 1.85. The standard InChI is InChI=1S/C16H15ClN4S2/c1-22-16-14(23-12-4-2-3-11(17)7-12)15-19-9-10-8-18-6-5-13(10)21(15)20-16/h2-4,7,9,18H,5-6,8H2,1H3. The zero-order valence-electron chi connectivity index (χ0n) is 12.5. The van der Waals surface area contributed by atoms with Crippen LogP contribution in [-0.2, 0) is 13.0 Å². The van der Waals surface area contributed by atoms with Crippen molar-refractivity contribution in [2.45, 2.75) is 27.8 Å². The second-order valence-corrected chi connectivity index (χ2v) is 7.61. The van der Waals surface area contributed by atoms with E-state index in [1.165, 1.54) is 11.3 Å². The van der Waals surface area contributed by atoms with Gasteiger partial charge in [0.25, 0.3) is 0 Å². The maximum atomic E-state index is 6.11. The highest BCUT2D eigenvalue weighted by molar-refractivity contribution is 8.02. The summed E-state index contributed by atoms with van der Waals surface area (Å²) in [7, 11) is 0. The Hall–Kier alpha value is -1.21. The molecule has 1 aromatic carbocycles. The first-order valence-electron chi connectivity index (χ1n) is 7.34. The number of nitrogens with zero attached hydrogens (tertiary/aromatic N) is 3. The van der Waals surface area contributed by atoms with Gasteiger partial charge in [0.15, 0.2) is 5.65 Å². The molecule has 118 valence electrons. The molecule has 3 heterocycles. The molecule has 1 N–H and O–H groups in total. The molecule has 7 heteroatoms. The van der Waals surface area contributed by atoms with Gasteiger partial charge in [0, 0.05) is 41.2 Å². The van der Waals surface area contributed by atoms with Crippen LogP contribution >= 0.6 is 35.1 Å². The van der Waals surface area contributed by atoms with Crippen LogP contribution < -0.4 is 5.32 Å². The van der Waals surface area contributed by atoms with E-state index < -0.39 is 0 Å². The fourth-order valence-electron chi connectivity index (χ4n) is 2.74. The predicted molar refractivity (Wildman–Crippen MR) is 95.8 cm³/mol. The van der Waals surface area contributed by atoms with Crippen LogP contribution in [0, 0.1) is 0 Å². The van der Waals surface area contributed by atoms with Crippen molar-refractivity contribution in [2.24, 2.45) is 0 Å². The topological polar surface area (TPSA) is 42.2 Å². The summed E-state index contributed by atoms with van der Waals surface area (Å²) >= 11 is 9.44. The number of rotatable bonds is 3. The molecule has 0 bridgehead atoms. The lowest BCUT2D eigenvalue weighted by atomic mass is 10.1. The van der Waals surface area contributed by atoms with Gasteiger partial charge in [-0.2, -0.15) is 5.10 Å². The molecule has 0 aliphatic carbocycles. The predicted octanol–water partition coefficient (Wildman–Crippen LogP) is 3.90. The number of fused-ring (bicyclic) bond motifs is 3. The average Bonchev–Trinajstić information content (AvgIpc) is 2.93. The zero-order chi connectivity index (χ0) is 15.8. The van der Waals surface area contributed by atoms with Gasteiger partial charge >= 0.3 is 0 Å². The molecule has 4 nitrogen and oxygen atoms in total. The van der Waals surface area contributed by atoms with Crippen LogP contribution in [0.15, 0.2) is 45.3 Å². The quantitative estimate of drug-likeness (QED) is 0.716. The van der Waals surface area contributed by atoms with E-state index >= 15 is 0 Å². The minimum atomic E-state index is 0.744. The normalized spacial score (nSPS) is 14.2. The van der Waals surface area contributed by atoms with Crippen LogP contribution in [0.5, 0.6) is 0 Å². The molecule has 0 unspecified atom stereocenters. The Bertz CT molecular complexity index is 878. The lowest BCUT2D eigenvalue weighted by Crippen LogP contribution is -2.26. The minimum absolute atomic E-state index is 0.744. The fraction of sp³-hybridized carbons (Fsp3) is 0.250. The van der Waals surface area contributed by atoms with Crippen molar-refractivity contribution >= 4 is 40.8 Å². The van der Waals surface area contributed by atoms with E-state index in [1.807, 2.05) is 28.9 Å². The molecule has 0 atom stereocenters. The van der Waals surface area contributed by atoms with E-state index in [9.17, 15) is 0 Å². The second-order valence-electron chi connectivity index (χ2n) is 5.29. The fourth-order valence-corrected chi connectivity index (χ4v) is 4.74. The first kappa shape index (κ1) is 15.3. The van der Waals surface area contributed by atoms with Gasteiger partial charge < -0.3 is 5.32 Å². The number of hydrogen-bond acceptors (Lipinski definition) is 5. The largest absolute Gasteiger partial charge is 0.312 e. The van der Waals surface area contributed by atoms with E-state index in [0.29, 0.717) is 0 Å². The Morgan fingerprint density at radius 3 is 3.09 bits per heavy atom. The molecule has 0 fully saturated rings. The van der Waals surface area contributed by atoms with Gasteiger partial charge in [-0.05, 0) is 24.5 Å². The number of benzene rings is 1. The van der Waals surface area contributed by atoms with Gasteiger partial charge in [-0.1, -0.05) is 29.4 Å². The third-order valence-electron chi connectivity index (χ3n) is 3.82. The van der Waals surface area contributed by atoms with Crippen molar-refractivity contribution in [2.75, 3.05) is 12.8 Å². The molecule has 3 aromatic rings. The van der Waals surface area contributed by atoms with Gasteiger partial charge in [0.05, 0.1) is 10.6 Å². The number of thioether (sulfide) groups is 1. The molecule has 4 rings (SSSR count).